The van der Waals surface area contributed by atoms with Gasteiger partial charge in [-0.3, -0.25) is 0 Å². The van der Waals surface area contributed by atoms with Crippen LogP contribution in [-0.2, 0) is 6.54 Å². The van der Waals surface area contributed by atoms with Gasteiger partial charge in [-0.05, 0) is 17.7 Å². The molecule has 0 aliphatic rings. The van der Waals surface area contributed by atoms with Crippen LogP contribution in [0.3, 0.4) is 0 Å². The van der Waals surface area contributed by atoms with Crippen LogP contribution in [0.5, 0.6) is 0 Å². The molecular formula is C10H10ClN. The van der Waals surface area contributed by atoms with E-state index in [-0.39, 0.29) is 0 Å². The van der Waals surface area contributed by atoms with Gasteiger partial charge in [-0.2, -0.15) is 0 Å². The molecule has 0 atom stereocenters. The van der Waals surface area contributed by atoms with Crippen LogP contribution in [0.2, 0.25) is 5.02 Å². The topological polar surface area (TPSA) is 12.0 Å². The Hall–Kier alpha value is -0.970. The highest BCUT2D eigenvalue weighted by atomic mass is 35.5. The van der Waals surface area contributed by atoms with E-state index >= 15 is 0 Å². The number of nitrogens with one attached hydrogen (secondary N) is 1. The van der Waals surface area contributed by atoms with Crippen molar-refractivity contribution in [3.63, 3.8) is 0 Å². The van der Waals surface area contributed by atoms with Crippen LogP contribution < -0.4 is 5.32 Å². The molecule has 0 bridgehead atoms. The fourth-order valence-electron chi connectivity index (χ4n) is 0.881. The Kier molecular flexibility index (Phi) is 3.66. The molecule has 2 heteroatoms. The van der Waals surface area contributed by atoms with Crippen LogP contribution in [0.1, 0.15) is 5.56 Å². The molecular weight excluding hydrogens is 170 g/mol. The molecule has 0 aromatic heterocycles. The second-order valence-electron chi connectivity index (χ2n) is 2.43. The van der Waals surface area contributed by atoms with Gasteiger partial charge in [0.2, 0.25) is 0 Å². The first-order chi connectivity index (χ1) is 5.83. The van der Waals surface area contributed by atoms with Crippen molar-refractivity contribution in [2.45, 2.75) is 6.54 Å². The van der Waals surface area contributed by atoms with Crippen molar-refractivity contribution in [1.82, 2.24) is 5.32 Å². The molecule has 0 unspecified atom stereocenters. The van der Waals surface area contributed by atoms with E-state index in [9.17, 15) is 0 Å². The largest absolute Gasteiger partial charge is 0.302 e. The molecule has 1 rings (SSSR count). The highest BCUT2D eigenvalue weighted by molar-refractivity contribution is 6.30. The molecule has 12 heavy (non-hydrogen) atoms. The van der Waals surface area contributed by atoms with Crippen LogP contribution >= 0.6 is 11.6 Å². The fourth-order valence-corrected chi connectivity index (χ4v) is 1.01. The minimum absolute atomic E-state index is 0.600. The standard InChI is InChI=1S/C10H10ClN/c1-2-7-12-8-9-3-5-10(11)6-4-9/h1,3-6,12H,7-8H2. The van der Waals surface area contributed by atoms with E-state index in [1.54, 1.807) is 0 Å². The third-order valence-corrected chi connectivity index (χ3v) is 1.72. The molecule has 1 N–H and O–H groups in total. The zero-order valence-electron chi connectivity index (χ0n) is 6.68. The number of hydrogen-bond acceptors (Lipinski definition) is 1. The summed E-state index contributed by atoms with van der Waals surface area (Å²) in [7, 11) is 0. The van der Waals surface area contributed by atoms with Crippen molar-refractivity contribution >= 4 is 11.6 Å². The molecule has 1 aromatic rings. The van der Waals surface area contributed by atoms with Crippen LogP contribution in [0, 0.1) is 12.3 Å². The van der Waals surface area contributed by atoms with Gasteiger partial charge in [-0.25, -0.2) is 0 Å². The van der Waals surface area contributed by atoms with E-state index in [1.807, 2.05) is 24.3 Å². The second kappa shape index (κ2) is 4.82. The third-order valence-electron chi connectivity index (χ3n) is 1.47. The molecule has 0 aliphatic carbocycles. The predicted octanol–water partition coefficient (Wildman–Crippen LogP) is 2.06. The minimum atomic E-state index is 0.600. The summed E-state index contributed by atoms with van der Waals surface area (Å²) in [5.41, 5.74) is 1.19. The highest BCUT2D eigenvalue weighted by Gasteiger charge is 1.90. The maximum atomic E-state index is 5.72. The lowest BCUT2D eigenvalue weighted by Gasteiger charge is -2.00. The van der Waals surface area contributed by atoms with Crippen molar-refractivity contribution in [1.29, 1.82) is 0 Å². The minimum Gasteiger partial charge on any atom is -0.302 e. The van der Waals surface area contributed by atoms with Crippen LogP contribution in [0.4, 0.5) is 0 Å². The van der Waals surface area contributed by atoms with Gasteiger partial charge in [0.15, 0.2) is 0 Å². The van der Waals surface area contributed by atoms with E-state index in [0.29, 0.717) is 6.54 Å². The van der Waals surface area contributed by atoms with E-state index in [1.165, 1.54) is 5.56 Å². The van der Waals surface area contributed by atoms with Gasteiger partial charge < -0.3 is 5.32 Å². The number of rotatable bonds is 3. The molecule has 0 fully saturated rings. The molecule has 1 aromatic carbocycles. The van der Waals surface area contributed by atoms with Crippen molar-refractivity contribution in [2.24, 2.45) is 0 Å². The summed E-state index contributed by atoms with van der Waals surface area (Å²) in [6, 6.07) is 7.70. The zero-order valence-corrected chi connectivity index (χ0v) is 7.43. The smallest absolute Gasteiger partial charge is 0.0576 e. The first kappa shape index (κ1) is 9.12. The maximum Gasteiger partial charge on any atom is 0.0576 e. The molecule has 0 amide bonds. The molecule has 0 saturated heterocycles. The quantitative estimate of drug-likeness (QED) is 0.554. The summed E-state index contributed by atoms with van der Waals surface area (Å²) >= 11 is 5.72. The van der Waals surface area contributed by atoms with Crippen LogP contribution in [0.15, 0.2) is 24.3 Å². The van der Waals surface area contributed by atoms with Crippen LogP contribution in [-0.4, -0.2) is 6.54 Å². The Balaban J connectivity index is 2.43. The second-order valence-corrected chi connectivity index (χ2v) is 2.87. The summed E-state index contributed by atoms with van der Waals surface area (Å²) in [6.07, 6.45) is 5.08. The molecule has 0 spiro atoms. The number of halogens is 1. The molecule has 0 radical (unpaired) electrons. The highest BCUT2D eigenvalue weighted by Crippen LogP contribution is 2.08. The van der Waals surface area contributed by atoms with Crippen LogP contribution in [0.25, 0.3) is 0 Å². The third kappa shape index (κ3) is 2.96. The van der Waals surface area contributed by atoms with Gasteiger partial charge in [0.1, 0.15) is 0 Å². The summed E-state index contributed by atoms with van der Waals surface area (Å²) in [5.74, 6) is 2.51. The normalized spacial score (nSPS) is 9.33. The van der Waals surface area contributed by atoms with Crippen molar-refractivity contribution in [3.8, 4) is 12.3 Å². The Labute approximate surface area is 77.7 Å². The first-order valence-corrected chi connectivity index (χ1v) is 4.09. The fraction of sp³-hybridized carbons (Fsp3) is 0.200. The molecule has 0 aliphatic heterocycles. The lowest BCUT2D eigenvalue weighted by Crippen LogP contribution is -2.12. The molecule has 62 valence electrons. The zero-order chi connectivity index (χ0) is 8.81. The predicted molar refractivity (Wildman–Crippen MR) is 52.0 cm³/mol. The maximum absolute atomic E-state index is 5.72. The molecule has 1 nitrogen and oxygen atoms in total. The van der Waals surface area contributed by atoms with Gasteiger partial charge in [-0.1, -0.05) is 29.7 Å². The summed E-state index contributed by atoms with van der Waals surface area (Å²) in [5, 5.41) is 3.85. The van der Waals surface area contributed by atoms with Gasteiger partial charge >= 0.3 is 0 Å². The van der Waals surface area contributed by atoms with E-state index in [0.717, 1.165) is 11.6 Å². The lowest BCUT2D eigenvalue weighted by molar-refractivity contribution is 0.770. The van der Waals surface area contributed by atoms with Crippen molar-refractivity contribution < 1.29 is 0 Å². The molecule has 0 saturated carbocycles. The SMILES string of the molecule is C#CCNCc1ccc(Cl)cc1. The lowest BCUT2D eigenvalue weighted by atomic mass is 10.2. The van der Waals surface area contributed by atoms with E-state index < -0.39 is 0 Å². The van der Waals surface area contributed by atoms with Gasteiger partial charge in [0, 0.05) is 11.6 Å². The average Bonchev–Trinajstić information content (AvgIpc) is 2.09. The summed E-state index contributed by atoms with van der Waals surface area (Å²) < 4.78 is 0. The Bertz CT molecular complexity index is 271. The average molecular weight is 180 g/mol. The number of terminal acetylenes is 1. The van der Waals surface area contributed by atoms with Crippen molar-refractivity contribution in [3.05, 3.63) is 34.9 Å². The number of hydrogen-bond donors (Lipinski definition) is 1. The monoisotopic (exact) mass is 179 g/mol. The van der Waals surface area contributed by atoms with E-state index in [4.69, 9.17) is 18.0 Å². The number of benzene rings is 1. The Morgan fingerprint density at radius 3 is 2.58 bits per heavy atom. The summed E-state index contributed by atoms with van der Waals surface area (Å²) in [6.45, 7) is 1.39. The van der Waals surface area contributed by atoms with Gasteiger partial charge in [0.05, 0.1) is 6.54 Å². The van der Waals surface area contributed by atoms with E-state index in [2.05, 4.69) is 11.2 Å². The summed E-state index contributed by atoms with van der Waals surface area (Å²) in [4.78, 5) is 0. The first-order valence-electron chi connectivity index (χ1n) is 3.71. The van der Waals surface area contributed by atoms with Gasteiger partial charge in [0.25, 0.3) is 0 Å². The van der Waals surface area contributed by atoms with Crippen molar-refractivity contribution in [2.75, 3.05) is 6.54 Å². The Morgan fingerprint density at radius 2 is 2.00 bits per heavy atom. The Morgan fingerprint density at radius 1 is 1.33 bits per heavy atom. The van der Waals surface area contributed by atoms with Gasteiger partial charge in [-0.15, -0.1) is 6.42 Å². The molecule has 0 heterocycles.